The number of fused-ring (bicyclic) bond motifs is 1. The number of benzene rings is 1. The minimum atomic E-state index is -0.176. The van der Waals surface area contributed by atoms with Gasteiger partial charge in [-0.05, 0) is 0 Å². The van der Waals surface area contributed by atoms with E-state index >= 15 is 0 Å². The van der Waals surface area contributed by atoms with Crippen LogP contribution in [0, 0.1) is 0 Å². The van der Waals surface area contributed by atoms with Gasteiger partial charge in [-0.15, -0.1) is 0 Å². The average Bonchev–Trinajstić information content (AvgIpc) is 2.73. The Bertz CT molecular complexity index is 771. The maximum Gasteiger partial charge on any atom is 0.294 e. The molecular weight excluding hydrogens is 228 g/mol. The van der Waals surface area contributed by atoms with Crippen LogP contribution in [0.3, 0.4) is 0 Å². The molecule has 5 heteroatoms. The maximum absolute atomic E-state index is 11.9. The number of imidazole rings is 1. The predicted octanol–water partition coefficient (Wildman–Crippen LogP) is 1.33. The van der Waals surface area contributed by atoms with E-state index in [4.69, 9.17) is 0 Å². The molecule has 0 bridgehead atoms. The third kappa shape index (κ3) is 1.44. The Morgan fingerprint density at radius 3 is 2.56 bits per heavy atom. The van der Waals surface area contributed by atoms with Gasteiger partial charge in [0.1, 0.15) is 5.82 Å². The monoisotopic (exact) mass is 240 g/mol. The number of hydrogen-bond acceptors (Lipinski definition) is 3. The molecule has 90 valence electrons. The molecule has 0 unspecified atom stereocenters. The summed E-state index contributed by atoms with van der Waals surface area (Å²) in [6.07, 6.45) is 1.66. The first-order chi connectivity index (χ1) is 8.68. The lowest BCUT2D eigenvalue weighted by atomic mass is 10.2. The Kier molecular flexibility index (Phi) is 2.26. The standard InChI is InChI=1S/C13H12N4O/c1-16-10-8-14-17(2)13(18)11(10)15-12(16)9-6-4-3-5-7-9/h3-8H,1-2H3. The molecule has 0 atom stereocenters. The molecule has 0 saturated carbocycles. The molecule has 0 N–H and O–H groups in total. The SMILES string of the molecule is Cn1ncc2c(nc(-c3ccccc3)n2C)c1=O. The highest BCUT2D eigenvalue weighted by molar-refractivity contribution is 5.78. The summed E-state index contributed by atoms with van der Waals surface area (Å²) in [5, 5.41) is 4.02. The van der Waals surface area contributed by atoms with Crippen LogP contribution >= 0.6 is 0 Å². The molecule has 0 amide bonds. The van der Waals surface area contributed by atoms with Crippen molar-refractivity contribution in [3.8, 4) is 11.4 Å². The zero-order chi connectivity index (χ0) is 12.7. The fourth-order valence-electron chi connectivity index (χ4n) is 2.01. The number of nitrogens with zero attached hydrogens (tertiary/aromatic N) is 4. The van der Waals surface area contributed by atoms with E-state index in [2.05, 4.69) is 10.1 Å². The van der Waals surface area contributed by atoms with Crippen molar-refractivity contribution in [3.05, 3.63) is 46.9 Å². The predicted molar refractivity (Wildman–Crippen MR) is 69.2 cm³/mol. The molecule has 3 rings (SSSR count). The van der Waals surface area contributed by atoms with Crippen molar-refractivity contribution in [1.82, 2.24) is 19.3 Å². The summed E-state index contributed by atoms with van der Waals surface area (Å²) in [5.41, 5.74) is 2.01. The lowest BCUT2D eigenvalue weighted by Gasteiger charge is -2.01. The fraction of sp³-hybridized carbons (Fsp3) is 0.154. The van der Waals surface area contributed by atoms with E-state index in [-0.39, 0.29) is 5.56 Å². The Morgan fingerprint density at radius 1 is 1.11 bits per heavy atom. The van der Waals surface area contributed by atoms with Gasteiger partial charge in [-0.25, -0.2) is 9.67 Å². The van der Waals surface area contributed by atoms with Crippen LogP contribution in [0.25, 0.3) is 22.4 Å². The topological polar surface area (TPSA) is 52.7 Å². The first kappa shape index (κ1) is 10.7. The normalized spacial score (nSPS) is 11.0. The molecule has 2 heterocycles. The summed E-state index contributed by atoms with van der Waals surface area (Å²) in [5.74, 6) is 0.774. The van der Waals surface area contributed by atoms with Crippen molar-refractivity contribution in [2.45, 2.75) is 0 Å². The summed E-state index contributed by atoms with van der Waals surface area (Å²) >= 11 is 0. The molecule has 3 aromatic rings. The average molecular weight is 240 g/mol. The van der Waals surface area contributed by atoms with Gasteiger partial charge in [0, 0.05) is 19.7 Å². The molecule has 2 aromatic heterocycles. The molecule has 0 fully saturated rings. The quantitative estimate of drug-likeness (QED) is 0.645. The molecule has 0 radical (unpaired) electrons. The fourth-order valence-corrected chi connectivity index (χ4v) is 2.01. The second-order valence-electron chi connectivity index (χ2n) is 4.17. The van der Waals surface area contributed by atoms with Crippen LogP contribution in [0.4, 0.5) is 0 Å². The second kappa shape index (κ2) is 3.80. The molecule has 0 aliphatic carbocycles. The van der Waals surface area contributed by atoms with Gasteiger partial charge < -0.3 is 4.57 Å². The van der Waals surface area contributed by atoms with E-state index in [0.717, 1.165) is 16.9 Å². The van der Waals surface area contributed by atoms with Crippen LogP contribution in [-0.2, 0) is 14.1 Å². The minimum absolute atomic E-state index is 0.176. The van der Waals surface area contributed by atoms with Gasteiger partial charge in [-0.1, -0.05) is 30.3 Å². The van der Waals surface area contributed by atoms with Gasteiger partial charge in [0.2, 0.25) is 0 Å². The van der Waals surface area contributed by atoms with Crippen LogP contribution in [0.1, 0.15) is 0 Å². The highest BCUT2D eigenvalue weighted by atomic mass is 16.1. The van der Waals surface area contributed by atoms with E-state index in [1.54, 1.807) is 13.2 Å². The van der Waals surface area contributed by atoms with Crippen molar-refractivity contribution in [2.24, 2.45) is 14.1 Å². The van der Waals surface area contributed by atoms with E-state index in [9.17, 15) is 4.79 Å². The molecule has 5 nitrogen and oxygen atoms in total. The van der Waals surface area contributed by atoms with Gasteiger partial charge in [-0.3, -0.25) is 4.79 Å². The molecule has 0 spiro atoms. The lowest BCUT2D eigenvalue weighted by molar-refractivity contribution is 0.715. The zero-order valence-corrected chi connectivity index (χ0v) is 10.2. The number of aryl methyl sites for hydroxylation is 2. The van der Waals surface area contributed by atoms with Crippen LogP contribution in [-0.4, -0.2) is 19.3 Å². The van der Waals surface area contributed by atoms with E-state index in [1.165, 1.54) is 4.68 Å². The van der Waals surface area contributed by atoms with Crippen LogP contribution < -0.4 is 5.56 Å². The first-order valence-corrected chi connectivity index (χ1v) is 5.62. The smallest absolute Gasteiger partial charge is 0.294 e. The summed E-state index contributed by atoms with van der Waals surface area (Å²) in [6, 6.07) is 9.79. The number of hydrogen-bond donors (Lipinski definition) is 0. The lowest BCUT2D eigenvalue weighted by Crippen LogP contribution is -2.19. The van der Waals surface area contributed by atoms with Crippen LogP contribution in [0.5, 0.6) is 0 Å². The summed E-state index contributed by atoms with van der Waals surface area (Å²) < 4.78 is 3.18. The molecule has 0 saturated heterocycles. The van der Waals surface area contributed by atoms with Gasteiger partial charge >= 0.3 is 0 Å². The minimum Gasteiger partial charge on any atom is -0.326 e. The highest BCUT2D eigenvalue weighted by Crippen LogP contribution is 2.20. The summed E-state index contributed by atoms with van der Waals surface area (Å²) in [4.78, 5) is 16.4. The third-order valence-electron chi connectivity index (χ3n) is 3.02. The third-order valence-corrected chi connectivity index (χ3v) is 3.02. The van der Waals surface area contributed by atoms with E-state index < -0.39 is 0 Å². The summed E-state index contributed by atoms with van der Waals surface area (Å²) in [7, 11) is 3.51. The van der Waals surface area contributed by atoms with Crippen molar-refractivity contribution >= 4 is 11.0 Å². The largest absolute Gasteiger partial charge is 0.326 e. The van der Waals surface area contributed by atoms with Gasteiger partial charge in [-0.2, -0.15) is 5.10 Å². The molecule has 1 aromatic carbocycles. The molecule has 0 aliphatic heterocycles. The second-order valence-corrected chi connectivity index (χ2v) is 4.17. The Labute approximate surface area is 103 Å². The number of aromatic nitrogens is 4. The van der Waals surface area contributed by atoms with Crippen molar-refractivity contribution in [3.63, 3.8) is 0 Å². The van der Waals surface area contributed by atoms with Crippen molar-refractivity contribution in [1.29, 1.82) is 0 Å². The van der Waals surface area contributed by atoms with Gasteiger partial charge in [0.25, 0.3) is 5.56 Å². The maximum atomic E-state index is 11.9. The Balaban J connectivity index is 2.37. The van der Waals surface area contributed by atoms with Crippen LogP contribution in [0.2, 0.25) is 0 Å². The summed E-state index contributed by atoms with van der Waals surface area (Å²) in [6.45, 7) is 0. The van der Waals surface area contributed by atoms with Crippen LogP contribution in [0.15, 0.2) is 41.3 Å². The van der Waals surface area contributed by atoms with Crippen molar-refractivity contribution < 1.29 is 0 Å². The van der Waals surface area contributed by atoms with Gasteiger partial charge in [0.15, 0.2) is 5.52 Å². The molecule has 0 aliphatic rings. The number of rotatable bonds is 1. The molecular formula is C13H12N4O. The van der Waals surface area contributed by atoms with E-state index in [1.807, 2.05) is 41.9 Å². The Morgan fingerprint density at radius 2 is 1.83 bits per heavy atom. The molecule has 18 heavy (non-hydrogen) atoms. The highest BCUT2D eigenvalue weighted by Gasteiger charge is 2.13. The Hall–Kier alpha value is -2.43. The first-order valence-electron chi connectivity index (χ1n) is 5.62. The van der Waals surface area contributed by atoms with E-state index in [0.29, 0.717) is 5.52 Å². The zero-order valence-electron chi connectivity index (χ0n) is 10.2. The van der Waals surface area contributed by atoms with Gasteiger partial charge in [0.05, 0.1) is 11.7 Å². The van der Waals surface area contributed by atoms with Crippen molar-refractivity contribution in [2.75, 3.05) is 0 Å².